The lowest BCUT2D eigenvalue weighted by molar-refractivity contribution is -0.144. The first-order chi connectivity index (χ1) is 29.6. The maximum Gasteiger partial charge on any atom is 0.266 e. The first kappa shape index (κ1) is 46.0. The molecular weight excluding hydrogens is 813 g/mol. The molecule has 0 spiro atoms. The molecule has 3 aliphatic rings. The summed E-state index contributed by atoms with van der Waals surface area (Å²) in [6.07, 6.45) is 6.84. The van der Waals surface area contributed by atoms with Crippen LogP contribution in [0.5, 0.6) is 5.75 Å². The smallest absolute Gasteiger partial charge is 0.266 e. The fourth-order valence-electron chi connectivity index (χ4n) is 8.25. The van der Waals surface area contributed by atoms with Gasteiger partial charge in [0.25, 0.3) is 11.8 Å². The number of aromatic nitrogens is 1. The maximum absolute atomic E-state index is 14.0. The van der Waals surface area contributed by atoms with Crippen LogP contribution in [0.25, 0.3) is 10.4 Å². The van der Waals surface area contributed by atoms with Crippen molar-refractivity contribution < 1.29 is 43.4 Å². The van der Waals surface area contributed by atoms with Gasteiger partial charge in [-0.3, -0.25) is 43.8 Å². The van der Waals surface area contributed by atoms with Crippen molar-refractivity contribution in [3.05, 3.63) is 70.4 Å². The Balaban J connectivity index is 0.867. The van der Waals surface area contributed by atoms with Gasteiger partial charge in [0.15, 0.2) is 0 Å². The average molecular weight is 871 g/mol. The molecule has 4 heterocycles. The summed E-state index contributed by atoms with van der Waals surface area (Å²) in [6, 6.07) is 9.95. The topological polar surface area (TPSA) is 204 Å². The summed E-state index contributed by atoms with van der Waals surface area (Å²) in [5, 5.41) is 18.6. The fourth-order valence-corrected chi connectivity index (χ4v) is 9.06. The number of hydrogen-bond donors (Lipinski definition) is 4. The van der Waals surface area contributed by atoms with Crippen LogP contribution in [0, 0.1) is 12.3 Å². The van der Waals surface area contributed by atoms with Crippen molar-refractivity contribution in [2.75, 3.05) is 13.2 Å². The molecule has 3 aliphatic heterocycles. The second kappa shape index (κ2) is 20.6. The molecule has 2 unspecified atom stereocenters. The van der Waals surface area contributed by atoms with Crippen LogP contribution >= 0.6 is 11.3 Å². The van der Waals surface area contributed by atoms with Crippen molar-refractivity contribution in [2.24, 2.45) is 5.41 Å². The number of amides is 7. The van der Waals surface area contributed by atoms with E-state index in [4.69, 9.17) is 4.74 Å². The Labute approximate surface area is 366 Å². The minimum atomic E-state index is -1.03. The molecule has 0 aliphatic carbocycles. The van der Waals surface area contributed by atoms with Gasteiger partial charge in [0.2, 0.25) is 29.5 Å². The Morgan fingerprint density at radius 3 is 2.31 bits per heavy atom. The van der Waals surface area contributed by atoms with E-state index in [1.165, 1.54) is 4.90 Å². The average Bonchev–Trinajstić information content (AvgIpc) is 3.92. The number of fused-ring (bicyclic) bond motifs is 1. The Bertz CT molecular complexity index is 2150. The summed E-state index contributed by atoms with van der Waals surface area (Å²) >= 11 is 1.57. The number of imide groups is 2. The zero-order valence-corrected chi connectivity index (χ0v) is 36.8. The predicted molar refractivity (Wildman–Crippen MR) is 232 cm³/mol. The largest absolute Gasteiger partial charge is 0.493 e. The SMILES string of the molecule is Cc1ncsc1-c1ccc(CNC(=O)[C@@H]2CC(O)CN2C(=O)[C@@H](NC(=O)CCCCCCCCCCOc2cccc3c2C(=O)N(C2CCC(=O)NC2=O)C3=O)C(C)(C)C)cc1. The zero-order chi connectivity index (χ0) is 44.6. The van der Waals surface area contributed by atoms with E-state index < -0.39 is 53.3 Å². The molecule has 16 heteroatoms. The van der Waals surface area contributed by atoms with E-state index in [0.717, 1.165) is 71.5 Å². The van der Waals surface area contributed by atoms with Gasteiger partial charge in [-0.2, -0.15) is 0 Å². The van der Waals surface area contributed by atoms with E-state index in [-0.39, 0.29) is 67.6 Å². The number of carbonyl (C=O) groups is 7. The second-order valence-electron chi connectivity index (χ2n) is 17.5. The van der Waals surface area contributed by atoms with Crippen LogP contribution in [0.1, 0.15) is 130 Å². The zero-order valence-electron chi connectivity index (χ0n) is 36.0. The maximum atomic E-state index is 14.0. The number of thiazole rings is 1. The normalized spacial score (nSPS) is 19.3. The number of piperidine rings is 1. The van der Waals surface area contributed by atoms with E-state index in [1.807, 2.05) is 57.5 Å². The number of carbonyl (C=O) groups excluding carboxylic acids is 7. The van der Waals surface area contributed by atoms with Gasteiger partial charge in [0, 0.05) is 32.4 Å². The van der Waals surface area contributed by atoms with Gasteiger partial charge < -0.3 is 25.4 Å². The summed E-state index contributed by atoms with van der Waals surface area (Å²) in [5.74, 6) is -2.90. The van der Waals surface area contributed by atoms with Crippen LogP contribution in [-0.2, 0) is 30.5 Å². The van der Waals surface area contributed by atoms with Gasteiger partial charge in [0.05, 0.1) is 39.9 Å². The third-order valence-electron chi connectivity index (χ3n) is 11.7. The third-order valence-corrected chi connectivity index (χ3v) is 12.7. The molecule has 2 aromatic carbocycles. The van der Waals surface area contributed by atoms with Gasteiger partial charge in [-0.15, -0.1) is 11.3 Å². The highest BCUT2D eigenvalue weighted by atomic mass is 32.1. The minimum Gasteiger partial charge on any atom is -0.493 e. The number of β-amino-alcohol motifs (C(OH)–C–C–N with tert-alkyl or cyclic N) is 1. The molecule has 4 N–H and O–H groups in total. The third kappa shape index (κ3) is 11.1. The molecule has 7 amide bonds. The lowest BCUT2D eigenvalue weighted by Crippen LogP contribution is -2.57. The van der Waals surface area contributed by atoms with Gasteiger partial charge in [-0.25, -0.2) is 4.98 Å². The van der Waals surface area contributed by atoms with Crippen LogP contribution in [0.4, 0.5) is 0 Å². The molecule has 4 atom stereocenters. The fraction of sp³-hybridized carbons (Fsp3) is 0.522. The van der Waals surface area contributed by atoms with Crippen molar-refractivity contribution in [2.45, 2.75) is 136 Å². The number of hydrogen-bond acceptors (Lipinski definition) is 11. The van der Waals surface area contributed by atoms with Gasteiger partial charge in [0.1, 0.15) is 23.9 Å². The quantitative estimate of drug-likeness (QED) is 0.0914. The van der Waals surface area contributed by atoms with Crippen LogP contribution in [0.3, 0.4) is 0 Å². The Morgan fingerprint density at radius 2 is 1.65 bits per heavy atom. The highest BCUT2D eigenvalue weighted by Crippen LogP contribution is 2.34. The van der Waals surface area contributed by atoms with E-state index in [0.29, 0.717) is 18.8 Å². The monoisotopic (exact) mass is 870 g/mol. The number of ether oxygens (including phenoxy) is 1. The first-order valence-corrected chi connectivity index (χ1v) is 22.5. The Morgan fingerprint density at radius 1 is 0.952 bits per heavy atom. The lowest BCUT2D eigenvalue weighted by Gasteiger charge is -2.35. The van der Waals surface area contributed by atoms with E-state index >= 15 is 0 Å². The molecule has 0 radical (unpaired) electrons. The molecule has 1 aromatic heterocycles. The van der Waals surface area contributed by atoms with Gasteiger partial charge >= 0.3 is 0 Å². The summed E-state index contributed by atoms with van der Waals surface area (Å²) < 4.78 is 5.94. The Hall–Kier alpha value is -5.48. The predicted octanol–water partition coefficient (Wildman–Crippen LogP) is 5.22. The number of aliphatic hydroxyl groups is 1. The van der Waals surface area contributed by atoms with E-state index in [1.54, 1.807) is 29.5 Å². The minimum absolute atomic E-state index is 0.0142. The van der Waals surface area contributed by atoms with Crippen molar-refractivity contribution in [1.82, 2.24) is 30.7 Å². The molecule has 2 saturated heterocycles. The number of nitrogens with one attached hydrogen (secondary N) is 3. The van der Waals surface area contributed by atoms with Crippen LogP contribution in [0.15, 0.2) is 48.0 Å². The summed E-state index contributed by atoms with van der Waals surface area (Å²) in [4.78, 5) is 98.6. The van der Waals surface area contributed by atoms with E-state index in [9.17, 15) is 38.7 Å². The highest BCUT2D eigenvalue weighted by molar-refractivity contribution is 7.13. The molecule has 0 bridgehead atoms. The molecule has 0 saturated carbocycles. The number of nitrogens with zero attached hydrogens (tertiary/aromatic N) is 3. The van der Waals surface area contributed by atoms with Gasteiger partial charge in [-0.05, 0) is 54.9 Å². The summed E-state index contributed by atoms with van der Waals surface area (Å²) in [5.41, 5.74) is 4.43. The number of benzene rings is 2. The molecular formula is C46H58N6O9S. The number of aryl methyl sites for hydroxylation is 1. The van der Waals surface area contributed by atoms with Crippen molar-refractivity contribution in [3.63, 3.8) is 0 Å². The second-order valence-corrected chi connectivity index (χ2v) is 18.4. The van der Waals surface area contributed by atoms with Crippen molar-refractivity contribution >= 4 is 52.7 Å². The number of likely N-dealkylation sites (tertiary alicyclic amines) is 1. The molecule has 15 nitrogen and oxygen atoms in total. The van der Waals surface area contributed by atoms with E-state index in [2.05, 4.69) is 20.9 Å². The summed E-state index contributed by atoms with van der Waals surface area (Å²) in [6.45, 7) is 8.23. The number of rotatable bonds is 19. The highest BCUT2D eigenvalue weighted by Gasteiger charge is 2.47. The standard InChI is InChI=1S/C46H58N6O9S/c1-28-39(62-27-48-28)30-19-17-29(18-20-30)25-47-41(56)34-24-31(53)26-51(34)45(60)40(46(2,3)4)49-36(54)16-11-9-7-5-6-8-10-12-23-61-35-15-13-14-32-38(35)44(59)52(43(32)58)33-21-22-37(55)50-42(33)57/h13-15,17-20,27,31,33-34,40,53H,5-12,16,21-26H2,1-4H3,(H,47,56)(H,49,54)(H,50,55,57)/t31?,33?,34-,40+/m0/s1. The molecule has 62 heavy (non-hydrogen) atoms. The first-order valence-electron chi connectivity index (χ1n) is 21.7. The number of aliphatic hydroxyl groups excluding tert-OH is 1. The van der Waals surface area contributed by atoms with Crippen LogP contribution in [-0.4, -0.2) is 98.6 Å². The molecule has 3 aromatic rings. The Kier molecular flexibility index (Phi) is 15.3. The van der Waals surface area contributed by atoms with Gasteiger partial charge in [-0.1, -0.05) is 89.6 Å². The van der Waals surface area contributed by atoms with Crippen molar-refractivity contribution in [1.29, 1.82) is 0 Å². The molecule has 2 fully saturated rings. The van der Waals surface area contributed by atoms with Crippen LogP contribution in [0.2, 0.25) is 0 Å². The number of unbranched alkanes of at least 4 members (excludes halogenated alkanes) is 7. The van der Waals surface area contributed by atoms with Crippen molar-refractivity contribution in [3.8, 4) is 16.2 Å². The van der Waals surface area contributed by atoms with Crippen LogP contribution < -0.4 is 20.7 Å². The molecule has 332 valence electrons. The molecule has 6 rings (SSSR count). The lowest BCUT2D eigenvalue weighted by atomic mass is 9.85. The summed E-state index contributed by atoms with van der Waals surface area (Å²) in [7, 11) is 0.